The molecule has 1 N–H and O–H groups in total. The number of ether oxygens (including phenoxy) is 3. The fourth-order valence-electron chi connectivity index (χ4n) is 9.03. The Bertz CT molecular complexity index is 708. The van der Waals surface area contributed by atoms with Crippen LogP contribution in [-0.2, 0) is 19.0 Å². The van der Waals surface area contributed by atoms with Crippen LogP contribution in [0.2, 0.25) is 0 Å². The highest BCUT2D eigenvalue weighted by atomic mass is 35.5. The number of hydrogen-bond acceptors (Lipinski definition) is 5. The van der Waals surface area contributed by atoms with Gasteiger partial charge in [-0.25, -0.2) is 0 Å². The lowest BCUT2D eigenvalue weighted by molar-refractivity contribution is -0.219. The van der Waals surface area contributed by atoms with Crippen molar-refractivity contribution in [3.05, 3.63) is 0 Å². The van der Waals surface area contributed by atoms with E-state index in [-0.39, 0.29) is 28.8 Å². The van der Waals surface area contributed by atoms with E-state index in [9.17, 15) is 9.90 Å². The highest BCUT2D eigenvalue weighted by molar-refractivity contribution is 6.17. The molecule has 0 bridgehead atoms. The Hall–Kier alpha value is -0.200. The molecule has 6 heteroatoms. The number of hydrogen-bond donors (Lipinski definition) is 1. The van der Waals surface area contributed by atoms with Gasteiger partial charge in [0.25, 0.3) is 0 Å². The van der Waals surface area contributed by atoms with Crippen molar-refractivity contribution < 1.29 is 24.1 Å². The standard InChI is InChI=1S/C25H39ClO5/c1-23-14-20(29-9-8-26)18(27)12-15(23)4-5-16-17-6-7-21(25(3)30-10-11-31-25)24(17,2)13-19(28)22(16)23/h15-18,20-22,27H,4-14H2,1-3H3/t15-,16-,17-,18-,20-,21-,22+,23-,24-/m0/s1. The zero-order valence-electron chi connectivity index (χ0n) is 19.3. The van der Waals surface area contributed by atoms with Gasteiger partial charge in [-0.15, -0.1) is 11.6 Å². The average Bonchev–Trinajstić information content (AvgIpc) is 3.30. The molecular weight excluding hydrogens is 416 g/mol. The summed E-state index contributed by atoms with van der Waals surface area (Å²) in [6.45, 7) is 8.50. The summed E-state index contributed by atoms with van der Waals surface area (Å²) in [4.78, 5) is 13.9. The van der Waals surface area contributed by atoms with Gasteiger partial charge in [-0.2, -0.15) is 0 Å². The quantitative estimate of drug-likeness (QED) is 0.645. The minimum atomic E-state index is -0.548. The van der Waals surface area contributed by atoms with Crippen LogP contribution in [0.15, 0.2) is 0 Å². The van der Waals surface area contributed by atoms with Crippen molar-refractivity contribution >= 4 is 17.4 Å². The summed E-state index contributed by atoms with van der Waals surface area (Å²) in [5.41, 5.74) is -0.150. The second-order valence-electron chi connectivity index (χ2n) is 11.6. The van der Waals surface area contributed by atoms with Gasteiger partial charge in [0.05, 0.1) is 32.0 Å². The van der Waals surface area contributed by atoms with E-state index in [0.717, 1.165) is 38.5 Å². The average molecular weight is 455 g/mol. The molecule has 4 saturated carbocycles. The molecule has 0 radical (unpaired) electrons. The van der Waals surface area contributed by atoms with Crippen LogP contribution in [0.1, 0.15) is 65.7 Å². The number of fused-ring (bicyclic) bond motifs is 5. The number of aliphatic hydroxyl groups is 1. The van der Waals surface area contributed by atoms with Crippen LogP contribution in [0.25, 0.3) is 0 Å². The third-order valence-electron chi connectivity index (χ3n) is 10.2. The highest BCUT2D eigenvalue weighted by Crippen LogP contribution is 2.68. The van der Waals surface area contributed by atoms with Gasteiger partial charge < -0.3 is 19.3 Å². The van der Waals surface area contributed by atoms with E-state index < -0.39 is 11.9 Å². The summed E-state index contributed by atoms with van der Waals surface area (Å²) in [5.74, 6) is 2.02. The molecule has 1 heterocycles. The van der Waals surface area contributed by atoms with Gasteiger partial charge in [-0.3, -0.25) is 4.79 Å². The molecule has 176 valence electrons. The SMILES string of the molecule is CC1([C@H]2CC[C@H]3[C@@H]4CC[C@H]5C[C@H](O)[C@@H](OCCCl)C[C@]5(C)[C@H]4C(=O)C[C@]23C)OCCO1. The summed E-state index contributed by atoms with van der Waals surface area (Å²) in [6, 6.07) is 0. The number of alkyl halides is 1. The van der Waals surface area contributed by atoms with Gasteiger partial charge in [0.1, 0.15) is 5.78 Å². The van der Waals surface area contributed by atoms with Crippen LogP contribution in [0, 0.1) is 40.4 Å². The predicted octanol–water partition coefficient (Wildman–Crippen LogP) is 4.18. The first-order valence-corrected chi connectivity index (χ1v) is 12.9. The van der Waals surface area contributed by atoms with E-state index in [1.165, 1.54) is 0 Å². The maximum atomic E-state index is 13.9. The first-order valence-electron chi connectivity index (χ1n) is 12.4. The van der Waals surface area contributed by atoms with Gasteiger partial charge in [0.15, 0.2) is 5.79 Å². The molecule has 1 aliphatic heterocycles. The normalized spacial score (nSPS) is 51.3. The molecule has 0 aromatic heterocycles. The molecule has 1 saturated heterocycles. The highest BCUT2D eigenvalue weighted by Gasteiger charge is 2.66. The second-order valence-corrected chi connectivity index (χ2v) is 12.0. The Kier molecular flexibility index (Phi) is 5.78. The first-order chi connectivity index (χ1) is 14.7. The minimum Gasteiger partial charge on any atom is -0.390 e. The summed E-state index contributed by atoms with van der Waals surface area (Å²) < 4.78 is 18.1. The Labute approximate surface area is 191 Å². The first kappa shape index (κ1) is 22.6. The van der Waals surface area contributed by atoms with Crippen molar-refractivity contribution in [2.24, 2.45) is 40.4 Å². The maximum absolute atomic E-state index is 13.9. The second kappa shape index (κ2) is 7.94. The third-order valence-corrected chi connectivity index (χ3v) is 10.4. The molecule has 5 nitrogen and oxygen atoms in total. The van der Waals surface area contributed by atoms with Crippen molar-refractivity contribution in [1.82, 2.24) is 0 Å². The molecule has 0 aromatic carbocycles. The zero-order chi connectivity index (χ0) is 22.0. The topological polar surface area (TPSA) is 65.0 Å². The van der Waals surface area contributed by atoms with E-state index in [1.807, 2.05) is 0 Å². The lowest BCUT2D eigenvalue weighted by atomic mass is 9.44. The Morgan fingerprint density at radius 3 is 2.55 bits per heavy atom. The van der Waals surface area contributed by atoms with Crippen molar-refractivity contribution in [2.45, 2.75) is 83.7 Å². The van der Waals surface area contributed by atoms with E-state index in [2.05, 4.69) is 20.8 Å². The van der Waals surface area contributed by atoms with E-state index in [0.29, 0.717) is 55.7 Å². The van der Waals surface area contributed by atoms with E-state index in [4.69, 9.17) is 25.8 Å². The fourth-order valence-corrected chi connectivity index (χ4v) is 9.12. The van der Waals surface area contributed by atoms with Crippen LogP contribution < -0.4 is 0 Å². The van der Waals surface area contributed by atoms with Gasteiger partial charge in [-0.1, -0.05) is 13.8 Å². The summed E-state index contributed by atoms with van der Waals surface area (Å²) in [6.07, 6.45) is 5.91. The van der Waals surface area contributed by atoms with Gasteiger partial charge >= 0.3 is 0 Å². The molecule has 9 atom stereocenters. The molecule has 4 aliphatic carbocycles. The lowest BCUT2D eigenvalue weighted by Crippen LogP contribution is -2.61. The van der Waals surface area contributed by atoms with Crippen molar-refractivity contribution in [2.75, 3.05) is 25.7 Å². The largest absolute Gasteiger partial charge is 0.390 e. The van der Waals surface area contributed by atoms with Gasteiger partial charge in [-0.05, 0) is 74.0 Å². The molecule has 5 aliphatic rings. The van der Waals surface area contributed by atoms with E-state index in [1.54, 1.807) is 0 Å². The smallest absolute Gasteiger partial charge is 0.169 e. The summed E-state index contributed by atoms with van der Waals surface area (Å²) in [5, 5.41) is 10.7. The van der Waals surface area contributed by atoms with Gasteiger partial charge in [0, 0.05) is 24.1 Å². The van der Waals surface area contributed by atoms with Gasteiger partial charge in [0.2, 0.25) is 0 Å². The molecule has 0 spiro atoms. The molecule has 0 aromatic rings. The van der Waals surface area contributed by atoms with Crippen molar-refractivity contribution in [3.63, 3.8) is 0 Å². The fraction of sp³-hybridized carbons (Fsp3) is 0.960. The number of aliphatic hydroxyl groups excluding tert-OH is 1. The Morgan fingerprint density at radius 2 is 1.84 bits per heavy atom. The molecule has 0 amide bonds. The maximum Gasteiger partial charge on any atom is 0.169 e. The number of halogens is 1. The zero-order valence-corrected chi connectivity index (χ0v) is 20.0. The lowest BCUT2D eigenvalue weighted by Gasteiger charge is -2.61. The monoisotopic (exact) mass is 454 g/mol. The van der Waals surface area contributed by atoms with Crippen molar-refractivity contribution in [3.8, 4) is 0 Å². The molecule has 31 heavy (non-hydrogen) atoms. The number of Topliss-reactive ketones (excluding diaryl/α,β-unsaturated/α-hetero) is 1. The number of carbonyl (C=O) groups excluding carboxylic acids is 1. The number of ketones is 1. The minimum absolute atomic E-state index is 0.0523. The molecule has 5 fully saturated rings. The number of carbonyl (C=O) groups is 1. The number of rotatable bonds is 4. The summed E-state index contributed by atoms with van der Waals surface area (Å²) in [7, 11) is 0. The molecule has 5 rings (SSSR count). The van der Waals surface area contributed by atoms with Crippen LogP contribution in [-0.4, -0.2) is 54.6 Å². The molecule has 0 unspecified atom stereocenters. The Balaban J connectivity index is 1.43. The summed E-state index contributed by atoms with van der Waals surface area (Å²) >= 11 is 5.85. The van der Waals surface area contributed by atoms with Crippen LogP contribution in [0.4, 0.5) is 0 Å². The van der Waals surface area contributed by atoms with Crippen LogP contribution in [0.3, 0.4) is 0 Å². The molecular formula is C25H39ClO5. The van der Waals surface area contributed by atoms with Crippen molar-refractivity contribution in [1.29, 1.82) is 0 Å². The predicted molar refractivity (Wildman–Crippen MR) is 118 cm³/mol. The van der Waals surface area contributed by atoms with Crippen LogP contribution >= 0.6 is 11.6 Å². The van der Waals surface area contributed by atoms with E-state index >= 15 is 0 Å². The third kappa shape index (κ3) is 3.36. The van der Waals surface area contributed by atoms with Crippen LogP contribution in [0.5, 0.6) is 0 Å². The Morgan fingerprint density at radius 1 is 1.10 bits per heavy atom.